The first-order chi connectivity index (χ1) is 13.0. The van der Waals surface area contributed by atoms with Gasteiger partial charge < -0.3 is 10.1 Å². The van der Waals surface area contributed by atoms with Crippen molar-refractivity contribution >= 4 is 33.0 Å². The van der Waals surface area contributed by atoms with E-state index in [1.54, 1.807) is 12.1 Å². The zero-order chi connectivity index (χ0) is 21.1. The van der Waals surface area contributed by atoms with Crippen LogP contribution in [0.1, 0.15) is 11.1 Å². The van der Waals surface area contributed by atoms with Crippen LogP contribution in [-0.4, -0.2) is 39.2 Å². The molecule has 0 bridgehead atoms. The van der Waals surface area contributed by atoms with E-state index in [1.807, 2.05) is 19.9 Å². The molecule has 0 spiro atoms. The van der Waals surface area contributed by atoms with Gasteiger partial charge in [0.15, 0.2) is 0 Å². The van der Waals surface area contributed by atoms with Crippen LogP contribution < -0.4 is 14.4 Å². The first-order valence-corrected chi connectivity index (χ1v) is 10.1. The number of carbonyl (C=O) groups excluding carboxylic acids is 1. The normalized spacial score (nSPS) is 11.0. The van der Waals surface area contributed by atoms with E-state index in [-0.39, 0.29) is 17.1 Å². The first kappa shape index (κ1) is 21.2. The molecule has 0 aliphatic carbocycles. The number of carbonyl (C=O) groups is 1. The van der Waals surface area contributed by atoms with Gasteiger partial charge in [0, 0.05) is 17.8 Å². The molecule has 0 aliphatic heterocycles. The van der Waals surface area contributed by atoms with E-state index in [9.17, 15) is 23.3 Å². The van der Waals surface area contributed by atoms with E-state index in [0.29, 0.717) is 5.69 Å². The van der Waals surface area contributed by atoms with E-state index in [4.69, 9.17) is 4.74 Å². The Hall–Kier alpha value is -3.14. The van der Waals surface area contributed by atoms with Gasteiger partial charge in [0.05, 0.1) is 18.3 Å². The fraction of sp³-hybridized carbons (Fsp3) is 0.278. The Morgan fingerprint density at radius 1 is 1.25 bits per heavy atom. The molecule has 1 N–H and O–H groups in total. The number of hydrogen-bond acceptors (Lipinski definition) is 6. The highest BCUT2D eigenvalue weighted by atomic mass is 32.2. The number of sulfonamides is 1. The summed E-state index contributed by atoms with van der Waals surface area (Å²) < 4.78 is 30.5. The van der Waals surface area contributed by atoms with Gasteiger partial charge in [0.2, 0.25) is 15.9 Å². The molecule has 1 amide bonds. The van der Waals surface area contributed by atoms with Crippen molar-refractivity contribution in [3.63, 3.8) is 0 Å². The molecule has 0 heterocycles. The first-order valence-electron chi connectivity index (χ1n) is 8.20. The summed E-state index contributed by atoms with van der Waals surface area (Å²) in [5.74, 6) is -0.497. The SMILES string of the molecule is COc1ccc([N+](=O)[O-])cc1N(CC(=O)Nc1cccc(C)c1C)S(C)(=O)=O. The van der Waals surface area contributed by atoms with Crippen LogP contribution in [-0.2, 0) is 14.8 Å². The van der Waals surface area contributed by atoms with E-state index in [0.717, 1.165) is 27.8 Å². The smallest absolute Gasteiger partial charge is 0.271 e. The van der Waals surface area contributed by atoms with Gasteiger partial charge in [-0.25, -0.2) is 8.42 Å². The molecule has 0 aliphatic rings. The summed E-state index contributed by atoms with van der Waals surface area (Å²) in [5.41, 5.74) is 1.98. The van der Waals surface area contributed by atoms with Crippen LogP contribution >= 0.6 is 0 Å². The van der Waals surface area contributed by atoms with Crippen molar-refractivity contribution in [3.05, 3.63) is 57.6 Å². The highest BCUT2D eigenvalue weighted by molar-refractivity contribution is 7.92. The Bertz CT molecular complexity index is 1020. The topological polar surface area (TPSA) is 119 Å². The maximum Gasteiger partial charge on any atom is 0.271 e. The highest BCUT2D eigenvalue weighted by Crippen LogP contribution is 2.33. The minimum absolute atomic E-state index is 0.0877. The van der Waals surface area contributed by atoms with Gasteiger partial charge >= 0.3 is 0 Å². The molecule has 0 fully saturated rings. The van der Waals surface area contributed by atoms with Crippen LogP contribution in [0.4, 0.5) is 17.1 Å². The van der Waals surface area contributed by atoms with E-state index in [2.05, 4.69) is 5.32 Å². The van der Waals surface area contributed by atoms with Crippen LogP contribution in [0.2, 0.25) is 0 Å². The average molecular weight is 407 g/mol. The molecule has 0 aromatic heterocycles. The van der Waals surface area contributed by atoms with Crippen LogP contribution in [0.3, 0.4) is 0 Å². The zero-order valence-corrected chi connectivity index (χ0v) is 16.7. The molecule has 10 heteroatoms. The molecule has 0 unspecified atom stereocenters. The number of methoxy groups -OCH3 is 1. The average Bonchev–Trinajstić information content (AvgIpc) is 2.62. The predicted molar refractivity (Wildman–Crippen MR) is 106 cm³/mol. The minimum Gasteiger partial charge on any atom is -0.495 e. The summed E-state index contributed by atoms with van der Waals surface area (Å²) >= 11 is 0. The Kier molecular flexibility index (Phi) is 6.24. The third-order valence-electron chi connectivity index (χ3n) is 4.21. The number of ether oxygens (including phenoxy) is 1. The second-order valence-corrected chi connectivity index (χ2v) is 8.09. The lowest BCUT2D eigenvalue weighted by molar-refractivity contribution is -0.384. The lowest BCUT2D eigenvalue weighted by Crippen LogP contribution is -2.37. The quantitative estimate of drug-likeness (QED) is 0.557. The molecule has 28 heavy (non-hydrogen) atoms. The van der Waals surface area contributed by atoms with Crippen LogP contribution in [0.15, 0.2) is 36.4 Å². The number of aryl methyl sites for hydroxylation is 1. The lowest BCUT2D eigenvalue weighted by atomic mass is 10.1. The van der Waals surface area contributed by atoms with E-state index < -0.39 is 27.4 Å². The van der Waals surface area contributed by atoms with Crippen molar-refractivity contribution in [3.8, 4) is 5.75 Å². The highest BCUT2D eigenvalue weighted by Gasteiger charge is 2.26. The molecule has 2 rings (SSSR count). The van der Waals surface area contributed by atoms with Crippen LogP contribution in [0.25, 0.3) is 0 Å². The largest absolute Gasteiger partial charge is 0.495 e. The summed E-state index contributed by atoms with van der Waals surface area (Å²) in [4.78, 5) is 23.0. The van der Waals surface area contributed by atoms with Gasteiger partial charge in [-0.3, -0.25) is 19.2 Å². The van der Waals surface area contributed by atoms with Gasteiger partial charge in [0.25, 0.3) is 5.69 Å². The van der Waals surface area contributed by atoms with Gasteiger partial charge in [-0.15, -0.1) is 0 Å². The van der Waals surface area contributed by atoms with Gasteiger partial charge in [0.1, 0.15) is 18.0 Å². The van der Waals surface area contributed by atoms with Crippen molar-refractivity contribution in [1.82, 2.24) is 0 Å². The van der Waals surface area contributed by atoms with Crippen molar-refractivity contribution in [2.45, 2.75) is 13.8 Å². The zero-order valence-electron chi connectivity index (χ0n) is 15.9. The minimum atomic E-state index is -3.93. The number of hydrogen-bond donors (Lipinski definition) is 1. The third-order valence-corrected chi connectivity index (χ3v) is 5.33. The second-order valence-electron chi connectivity index (χ2n) is 6.18. The van der Waals surface area contributed by atoms with Gasteiger partial charge in [-0.1, -0.05) is 12.1 Å². The number of nitro benzene ring substituents is 1. The summed E-state index contributed by atoms with van der Waals surface area (Å²) in [6, 6.07) is 8.91. The van der Waals surface area contributed by atoms with Crippen molar-refractivity contribution < 1.29 is 22.9 Å². The fourth-order valence-corrected chi connectivity index (χ4v) is 3.43. The number of nitro groups is 1. The number of benzene rings is 2. The molecule has 0 saturated heterocycles. The summed E-state index contributed by atoms with van der Waals surface area (Å²) in [6.07, 6.45) is 0.913. The standard InChI is InChI=1S/C18H21N3O6S/c1-12-6-5-7-15(13(12)2)19-18(22)11-20(28(4,25)26)16-10-14(21(23)24)8-9-17(16)27-3/h5-10H,11H2,1-4H3,(H,19,22). The Labute approximate surface area is 163 Å². The summed E-state index contributed by atoms with van der Waals surface area (Å²) in [6.45, 7) is 3.16. The van der Waals surface area contributed by atoms with Crippen LogP contribution in [0, 0.1) is 24.0 Å². The molecule has 0 radical (unpaired) electrons. The molecular formula is C18H21N3O6S. The maximum atomic E-state index is 12.5. The molecular weight excluding hydrogens is 386 g/mol. The molecule has 2 aromatic carbocycles. The number of rotatable bonds is 7. The Morgan fingerprint density at radius 2 is 1.93 bits per heavy atom. The summed E-state index contributed by atoms with van der Waals surface area (Å²) in [7, 11) is -2.62. The van der Waals surface area contributed by atoms with Crippen molar-refractivity contribution in [2.75, 3.05) is 29.5 Å². The lowest BCUT2D eigenvalue weighted by Gasteiger charge is -2.23. The van der Waals surface area contributed by atoms with Gasteiger partial charge in [-0.2, -0.15) is 0 Å². The second kappa shape index (κ2) is 8.26. The number of anilines is 2. The molecule has 0 saturated carbocycles. The van der Waals surface area contributed by atoms with Crippen LogP contribution in [0.5, 0.6) is 5.75 Å². The number of amides is 1. The number of nitrogens with zero attached hydrogens (tertiary/aromatic N) is 2. The van der Waals surface area contributed by atoms with Gasteiger partial charge in [-0.05, 0) is 37.1 Å². The Morgan fingerprint density at radius 3 is 2.50 bits per heavy atom. The monoisotopic (exact) mass is 407 g/mol. The molecule has 9 nitrogen and oxygen atoms in total. The van der Waals surface area contributed by atoms with E-state index >= 15 is 0 Å². The number of non-ortho nitro benzene ring substituents is 1. The maximum absolute atomic E-state index is 12.5. The summed E-state index contributed by atoms with van der Waals surface area (Å²) in [5, 5.41) is 13.8. The van der Waals surface area contributed by atoms with Crippen molar-refractivity contribution in [2.24, 2.45) is 0 Å². The fourth-order valence-electron chi connectivity index (χ4n) is 2.57. The molecule has 150 valence electrons. The van der Waals surface area contributed by atoms with Crippen molar-refractivity contribution in [1.29, 1.82) is 0 Å². The third kappa shape index (κ3) is 4.77. The molecule has 0 atom stereocenters. The predicted octanol–water partition coefficient (Wildman–Crippen LogP) is 2.62. The molecule has 2 aromatic rings. The Balaban J connectivity index is 2.40. The van der Waals surface area contributed by atoms with E-state index in [1.165, 1.54) is 19.2 Å². The number of nitrogens with one attached hydrogen (secondary N) is 1.